The SMILES string of the molecule is COc1ccc(C2C3=C(CC(C)(C)CC3=O)Nc3[nH][nH]c(=O)c32)cc1O. The standard InChI is InChI=1S/C19H21N3O4/c1-19(2)7-10-15(12(24)8-19)14(16-17(20-10)21-22-18(16)25)9-4-5-13(26-3)11(23)6-9/h4-6,14,23H,7-8H2,1-3H3,(H3,20,21,22,25). The Balaban J connectivity index is 1.93. The van der Waals surface area contributed by atoms with Crippen molar-refractivity contribution >= 4 is 11.6 Å². The first-order valence-corrected chi connectivity index (χ1v) is 8.51. The van der Waals surface area contributed by atoms with Gasteiger partial charge >= 0.3 is 0 Å². The second kappa shape index (κ2) is 5.52. The van der Waals surface area contributed by atoms with E-state index in [1.54, 1.807) is 18.2 Å². The smallest absolute Gasteiger partial charge is 0.270 e. The van der Waals surface area contributed by atoms with Crippen molar-refractivity contribution in [2.75, 3.05) is 12.4 Å². The number of phenolic OH excluding ortho intramolecular Hbond substituents is 1. The summed E-state index contributed by atoms with van der Waals surface area (Å²) in [5.74, 6) is 0.380. The van der Waals surface area contributed by atoms with Gasteiger partial charge in [0.25, 0.3) is 5.56 Å². The van der Waals surface area contributed by atoms with Crippen LogP contribution in [0.1, 0.15) is 43.7 Å². The number of methoxy groups -OCH3 is 1. The van der Waals surface area contributed by atoms with E-state index < -0.39 is 5.92 Å². The predicted octanol–water partition coefficient (Wildman–Crippen LogP) is 2.62. The summed E-state index contributed by atoms with van der Waals surface area (Å²) in [6, 6.07) is 4.98. The van der Waals surface area contributed by atoms with E-state index in [4.69, 9.17) is 4.74 Å². The zero-order valence-electron chi connectivity index (χ0n) is 14.9. The van der Waals surface area contributed by atoms with Gasteiger partial charge in [0.05, 0.1) is 12.7 Å². The number of carbonyl (C=O) groups is 1. The number of aromatic nitrogens is 2. The minimum absolute atomic E-state index is 0.0234. The number of anilines is 1. The van der Waals surface area contributed by atoms with Gasteiger partial charge in [-0.2, -0.15) is 0 Å². The molecule has 26 heavy (non-hydrogen) atoms. The molecule has 0 bridgehead atoms. The number of benzene rings is 1. The molecular formula is C19H21N3O4. The molecule has 4 rings (SSSR count). The number of rotatable bonds is 2. The molecule has 1 aromatic carbocycles. The lowest BCUT2D eigenvalue weighted by Crippen LogP contribution is -2.34. The predicted molar refractivity (Wildman–Crippen MR) is 96.6 cm³/mol. The first kappa shape index (κ1) is 16.5. The van der Waals surface area contributed by atoms with Crippen LogP contribution in [0.3, 0.4) is 0 Å². The van der Waals surface area contributed by atoms with Gasteiger partial charge in [0.1, 0.15) is 5.82 Å². The summed E-state index contributed by atoms with van der Waals surface area (Å²) in [6.45, 7) is 4.11. The van der Waals surface area contributed by atoms with Crippen molar-refractivity contribution in [3.8, 4) is 11.5 Å². The highest BCUT2D eigenvalue weighted by atomic mass is 16.5. The maximum Gasteiger partial charge on any atom is 0.270 e. The third kappa shape index (κ3) is 2.42. The molecule has 7 nitrogen and oxygen atoms in total. The van der Waals surface area contributed by atoms with Gasteiger partial charge in [0.2, 0.25) is 0 Å². The van der Waals surface area contributed by atoms with Crippen molar-refractivity contribution in [1.82, 2.24) is 10.2 Å². The van der Waals surface area contributed by atoms with Crippen LogP contribution < -0.4 is 15.6 Å². The van der Waals surface area contributed by atoms with Crippen LogP contribution in [-0.2, 0) is 4.79 Å². The minimum Gasteiger partial charge on any atom is -0.504 e. The van der Waals surface area contributed by atoms with E-state index in [9.17, 15) is 14.7 Å². The molecule has 0 spiro atoms. The van der Waals surface area contributed by atoms with Crippen molar-refractivity contribution in [1.29, 1.82) is 0 Å². The molecule has 0 amide bonds. The molecule has 0 saturated heterocycles. The van der Waals surface area contributed by atoms with Crippen LogP contribution in [-0.4, -0.2) is 28.2 Å². The van der Waals surface area contributed by atoms with Crippen LogP contribution in [0.5, 0.6) is 11.5 Å². The third-order valence-electron chi connectivity index (χ3n) is 5.12. The Hall–Kier alpha value is -2.96. The van der Waals surface area contributed by atoms with Crippen LogP contribution in [0.2, 0.25) is 0 Å². The zero-order chi connectivity index (χ0) is 18.6. The molecule has 4 N–H and O–H groups in total. The fraction of sp³-hybridized carbons (Fsp3) is 0.368. The lowest BCUT2D eigenvalue weighted by molar-refractivity contribution is -0.118. The van der Waals surface area contributed by atoms with Crippen molar-refractivity contribution in [2.24, 2.45) is 5.41 Å². The van der Waals surface area contributed by atoms with Crippen molar-refractivity contribution in [3.05, 3.63) is 50.9 Å². The van der Waals surface area contributed by atoms with Gasteiger partial charge in [-0.3, -0.25) is 19.8 Å². The molecule has 2 aromatic rings. The number of phenols is 1. The summed E-state index contributed by atoms with van der Waals surface area (Å²) in [5.41, 5.74) is 2.14. The molecule has 1 unspecified atom stereocenters. The van der Waals surface area contributed by atoms with E-state index >= 15 is 0 Å². The lowest BCUT2D eigenvalue weighted by atomic mass is 9.69. The van der Waals surface area contributed by atoms with Crippen LogP contribution in [0.4, 0.5) is 5.82 Å². The van der Waals surface area contributed by atoms with Gasteiger partial charge in [-0.05, 0) is 29.5 Å². The van der Waals surface area contributed by atoms with Crippen LogP contribution >= 0.6 is 0 Å². The highest BCUT2D eigenvalue weighted by Crippen LogP contribution is 2.48. The van der Waals surface area contributed by atoms with Crippen molar-refractivity contribution in [2.45, 2.75) is 32.6 Å². The van der Waals surface area contributed by atoms with E-state index in [-0.39, 0.29) is 22.5 Å². The van der Waals surface area contributed by atoms with Crippen LogP contribution in [0.15, 0.2) is 34.3 Å². The Morgan fingerprint density at radius 1 is 1.19 bits per heavy atom. The van der Waals surface area contributed by atoms with Crippen molar-refractivity contribution in [3.63, 3.8) is 0 Å². The molecule has 7 heteroatoms. The molecule has 0 fully saturated rings. The number of Topliss-reactive ketones (excluding diaryl/α,β-unsaturated/α-hetero) is 1. The Labute approximate surface area is 150 Å². The fourth-order valence-corrected chi connectivity index (χ4v) is 4.04. The number of ketones is 1. The van der Waals surface area contributed by atoms with E-state index in [1.807, 2.05) is 0 Å². The summed E-state index contributed by atoms with van der Waals surface area (Å²) in [7, 11) is 1.47. The summed E-state index contributed by atoms with van der Waals surface area (Å²) >= 11 is 0. The van der Waals surface area contributed by atoms with Gasteiger partial charge < -0.3 is 15.2 Å². The molecule has 1 atom stereocenters. The van der Waals surface area contributed by atoms with E-state index in [2.05, 4.69) is 29.4 Å². The van der Waals surface area contributed by atoms with E-state index in [0.29, 0.717) is 41.1 Å². The lowest BCUT2D eigenvalue weighted by Gasteiger charge is -2.37. The van der Waals surface area contributed by atoms with Gasteiger partial charge in [0, 0.05) is 23.6 Å². The van der Waals surface area contributed by atoms with Gasteiger partial charge in [-0.15, -0.1) is 0 Å². The Morgan fingerprint density at radius 2 is 1.96 bits per heavy atom. The molecular weight excluding hydrogens is 334 g/mol. The van der Waals surface area contributed by atoms with Gasteiger partial charge in [-0.25, -0.2) is 0 Å². The second-order valence-electron chi connectivity index (χ2n) is 7.69. The minimum atomic E-state index is -0.531. The monoisotopic (exact) mass is 355 g/mol. The number of hydrogen-bond donors (Lipinski definition) is 4. The number of carbonyl (C=O) groups excluding carboxylic acids is 1. The molecule has 2 aliphatic rings. The topological polar surface area (TPSA) is 107 Å². The fourth-order valence-electron chi connectivity index (χ4n) is 4.04. The maximum absolute atomic E-state index is 13.0. The first-order chi connectivity index (χ1) is 12.3. The molecule has 0 saturated carbocycles. The first-order valence-electron chi connectivity index (χ1n) is 8.51. The van der Waals surface area contributed by atoms with Gasteiger partial charge in [-0.1, -0.05) is 19.9 Å². The Bertz CT molecular complexity index is 996. The summed E-state index contributed by atoms with van der Waals surface area (Å²) in [6.07, 6.45) is 1.13. The maximum atomic E-state index is 13.0. The molecule has 2 heterocycles. The normalized spacial score (nSPS) is 21.0. The highest BCUT2D eigenvalue weighted by molar-refractivity contribution is 6.01. The number of aromatic amines is 2. The summed E-state index contributed by atoms with van der Waals surface area (Å²) in [4.78, 5) is 25.4. The Morgan fingerprint density at radius 3 is 2.65 bits per heavy atom. The highest BCUT2D eigenvalue weighted by Gasteiger charge is 2.42. The number of allylic oxidation sites excluding steroid dienone is 2. The van der Waals surface area contributed by atoms with Crippen molar-refractivity contribution < 1.29 is 14.6 Å². The average Bonchev–Trinajstić information content (AvgIpc) is 2.92. The molecule has 1 aliphatic heterocycles. The molecule has 0 radical (unpaired) electrons. The summed E-state index contributed by atoms with van der Waals surface area (Å²) < 4.78 is 5.11. The van der Waals surface area contributed by atoms with Crippen LogP contribution in [0, 0.1) is 5.41 Å². The third-order valence-corrected chi connectivity index (χ3v) is 5.12. The number of fused-ring (bicyclic) bond motifs is 1. The van der Waals surface area contributed by atoms with Crippen LogP contribution in [0.25, 0.3) is 0 Å². The van der Waals surface area contributed by atoms with E-state index in [0.717, 1.165) is 5.70 Å². The summed E-state index contributed by atoms with van der Waals surface area (Å²) in [5, 5.41) is 18.9. The number of ether oxygens (including phenoxy) is 1. The zero-order valence-corrected chi connectivity index (χ0v) is 14.9. The molecule has 1 aromatic heterocycles. The average molecular weight is 355 g/mol. The molecule has 136 valence electrons. The quantitative estimate of drug-likeness (QED) is 0.662. The number of aromatic hydroxyl groups is 1. The second-order valence-corrected chi connectivity index (χ2v) is 7.69. The number of nitrogens with one attached hydrogen (secondary N) is 3. The van der Waals surface area contributed by atoms with Gasteiger partial charge in [0.15, 0.2) is 17.3 Å². The molecule has 1 aliphatic carbocycles. The number of H-pyrrole nitrogens is 2. The Kier molecular flexibility index (Phi) is 3.50. The van der Waals surface area contributed by atoms with E-state index in [1.165, 1.54) is 7.11 Å². The largest absolute Gasteiger partial charge is 0.504 e. The number of hydrogen-bond acceptors (Lipinski definition) is 5.